The summed E-state index contributed by atoms with van der Waals surface area (Å²) in [5.74, 6) is -2.44. The highest BCUT2D eigenvalue weighted by Gasteiger charge is 2.26. The fourth-order valence-corrected chi connectivity index (χ4v) is 6.04. The Labute approximate surface area is 242 Å². The zero-order valence-corrected chi connectivity index (χ0v) is 25.0. The van der Waals surface area contributed by atoms with E-state index in [0.29, 0.717) is 21.3 Å². The first-order chi connectivity index (χ1) is 18.9. The monoisotopic (exact) mass is 592 g/mol. The van der Waals surface area contributed by atoms with E-state index in [1.807, 2.05) is 27.7 Å². The van der Waals surface area contributed by atoms with Gasteiger partial charge in [-0.1, -0.05) is 49.3 Å². The summed E-state index contributed by atoms with van der Waals surface area (Å²) in [5, 5.41) is 24.3. The van der Waals surface area contributed by atoms with Crippen molar-refractivity contribution in [3.63, 3.8) is 0 Å². The molecule has 0 radical (unpaired) electrons. The molecule has 0 bridgehead atoms. The second-order valence-electron chi connectivity index (χ2n) is 9.88. The maximum atomic E-state index is 13.2. The lowest BCUT2D eigenvalue weighted by Gasteiger charge is -2.19. The molecule has 0 aliphatic rings. The average molecular weight is 593 g/mol. The third-order valence-corrected chi connectivity index (χ3v) is 8.19. The zero-order valence-electron chi connectivity index (χ0n) is 23.3. The van der Waals surface area contributed by atoms with Crippen LogP contribution in [0.3, 0.4) is 0 Å². The van der Waals surface area contributed by atoms with Crippen molar-refractivity contribution in [1.82, 2.24) is 10.6 Å². The number of carboxylic acids is 2. The zero-order chi connectivity index (χ0) is 30.0. The normalized spacial score (nSPS) is 12.5. The van der Waals surface area contributed by atoms with Crippen molar-refractivity contribution in [3.8, 4) is 11.5 Å². The SMILES string of the molecule is COc1ccc(SSc2ccc(OC)cc2C(=O)NC(CC(C)C)C(=O)O)c(C(=O)NC(CC(C)C)C(=O)O)c1. The summed E-state index contributed by atoms with van der Waals surface area (Å²) in [6.07, 6.45) is 0.529. The molecule has 0 heterocycles. The average Bonchev–Trinajstić information content (AvgIpc) is 2.90. The Morgan fingerprint density at radius 3 is 1.32 bits per heavy atom. The van der Waals surface area contributed by atoms with E-state index in [-0.39, 0.29) is 35.8 Å². The molecule has 0 aromatic heterocycles. The molecule has 0 spiro atoms. The van der Waals surface area contributed by atoms with E-state index in [0.717, 1.165) is 0 Å². The quantitative estimate of drug-likeness (QED) is 0.209. The van der Waals surface area contributed by atoms with Crippen LogP contribution < -0.4 is 20.1 Å². The van der Waals surface area contributed by atoms with Gasteiger partial charge in [0.05, 0.1) is 25.3 Å². The van der Waals surface area contributed by atoms with Gasteiger partial charge in [-0.25, -0.2) is 9.59 Å². The summed E-state index contributed by atoms with van der Waals surface area (Å²) in [6, 6.07) is 7.63. The first-order valence-corrected chi connectivity index (χ1v) is 14.8. The van der Waals surface area contributed by atoms with Crippen molar-refractivity contribution in [2.24, 2.45) is 11.8 Å². The summed E-state index contributed by atoms with van der Waals surface area (Å²) in [4.78, 5) is 50.8. The van der Waals surface area contributed by atoms with E-state index in [4.69, 9.17) is 9.47 Å². The van der Waals surface area contributed by atoms with E-state index in [1.54, 1.807) is 24.3 Å². The topological polar surface area (TPSA) is 151 Å². The number of methoxy groups -OCH3 is 2. The number of carbonyl (C=O) groups excluding carboxylic acids is 2. The van der Waals surface area contributed by atoms with Gasteiger partial charge in [-0.2, -0.15) is 0 Å². The van der Waals surface area contributed by atoms with Gasteiger partial charge in [-0.05, 0) is 61.1 Å². The molecule has 2 rings (SSSR count). The summed E-state index contributed by atoms with van der Waals surface area (Å²) < 4.78 is 10.5. The van der Waals surface area contributed by atoms with Crippen LogP contribution in [0.15, 0.2) is 46.2 Å². The Hall–Kier alpha value is -3.38. The minimum absolute atomic E-state index is 0.0528. The largest absolute Gasteiger partial charge is 0.497 e. The van der Waals surface area contributed by atoms with Gasteiger partial charge in [0.2, 0.25) is 0 Å². The van der Waals surface area contributed by atoms with Crippen LogP contribution in [0, 0.1) is 11.8 Å². The van der Waals surface area contributed by atoms with Crippen LogP contribution in [-0.2, 0) is 9.59 Å². The van der Waals surface area contributed by atoms with Crippen LogP contribution in [-0.4, -0.2) is 60.3 Å². The molecule has 0 aliphatic heterocycles. The van der Waals surface area contributed by atoms with Crippen LogP contribution in [0.2, 0.25) is 0 Å². The van der Waals surface area contributed by atoms with Crippen LogP contribution >= 0.6 is 21.6 Å². The number of amides is 2. The molecular formula is C28H36N2O8S2. The van der Waals surface area contributed by atoms with Crippen molar-refractivity contribution in [2.45, 2.75) is 62.4 Å². The fraction of sp³-hybridized carbons (Fsp3) is 0.429. The molecule has 12 heteroatoms. The lowest BCUT2D eigenvalue weighted by molar-refractivity contribution is -0.140. The first-order valence-electron chi connectivity index (χ1n) is 12.6. The second-order valence-corrected chi connectivity index (χ2v) is 12.1. The minimum atomic E-state index is -1.13. The number of aliphatic carboxylic acids is 2. The first kappa shape index (κ1) is 32.8. The standard InChI is InChI=1S/C28H36N2O8S2/c1-15(2)11-21(27(33)34)29-25(31)19-13-17(37-5)7-9-23(19)39-40-24-10-8-18(38-6)14-20(24)26(32)30-22(28(35)36)12-16(3)4/h7-10,13-16,21-22H,11-12H2,1-6H3,(H,29,31)(H,30,32)(H,33,34)(H,35,36). The molecule has 2 amide bonds. The molecule has 0 fully saturated rings. The van der Waals surface area contributed by atoms with E-state index >= 15 is 0 Å². The number of hydrogen-bond acceptors (Lipinski definition) is 8. The van der Waals surface area contributed by atoms with Gasteiger partial charge in [-0.3, -0.25) is 9.59 Å². The van der Waals surface area contributed by atoms with Gasteiger partial charge < -0.3 is 30.3 Å². The molecule has 2 atom stereocenters. The molecule has 40 heavy (non-hydrogen) atoms. The molecule has 4 N–H and O–H groups in total. The summed E-state index contributed by atoms with van der Waals surface area (Å²) in [7, 11) is 5.31. The molecule has 0 saturated carbocycles. The number of rotatable bonds is 15. The van der Waals surface area contributed by atoms with Gasteiger partial charge in [0, 0.05) is 9.79 Å². The molecule has 2 aromatic rings. The highest BCUT2D eigenvalue weighted by atomic mass is 33.1. The Kier molecular flexibility index (Phi) is 12.7. The summed E-state index contributed by atoms with van der Waals surface area (Å²) >= 11 is 0. The molecule has 2 unspecified atom stereocenters. The predicted molar refractivity (Wildman–Crippen MR) is 154 cm³/mol. The van der Waals surface area contributed by atoms with Crippen LogP contribution in [0.4, 0.5) is 0 Å². The molecule has 2 aromatic carbocycles. The summed E-state index contributed by atoms with van der Waals surface area (Å²) in [5.41, 5.74) is 0.434. The van der Waals surface area contributed by atoms with Crippen LogP contribution in [0.5, 0.6) is 11.5 Å². The van der Waals surface area contributed by atoms with Crippen LogP contribution in [0.1, 0.15) is 61.3 Å². The molecule has 0 aliphatic carbocycles. The third kappa shape index (κ3) is 9.67. The van der Waals surface area contributed by atoms with Crippen molar-refractivity contribution >= 4 is 45.3 Å². The maximum Gasteiger partial charge on any atom is 0.326 e. The predicted octanol–water partition coefficient (Wildman–Crippen LogP) is 4.96. The van der Waals surface area contributed by atoms with Gasteiger partial charge in [-0.15, -0.1) is 0 Å². The lowest BCUT2D eigenvalue weighted by Crippen LogP contribution is -2.41. The number of benzene rings is 2. The molecular weight excluding hydrogens is 556 g/mol. The third-order valence-electron chi connectivity index (χ3n) is 5.70. The Morgan fingerprint density at radius 2 is 1.05 bits per heavy atom. The second kappa shape index (κ2) is 15.4. The summed E-state index contributed by atoms with van der Waals surface area (Å²) in [6.45, 7) is 7.48. The van der Waals surface area contributed by atoms with E-state index in [9.17, 15) is 29.4 Å². The van der Waals surface area contributed by atoms with Crippen molar-refractivity contribution in [3.05, 3.63) is 47.5 Å². The van der Waals surface area contributed by atoms with Crippen molar-refractivity contribution in [1.29, 1.82) is 0 Å². The maximum absolute atomic E-state index is 13.2. The molecule has 10 nitrogen and oxygen atoms in total. The van der Waals surface area contributed by atoms with Gasteiger partial charge in [0.1, 0.15) is 23.6 Å². The Balaban J connectivity index is 2.36. The Morgan fingerprint density at radius 1 is 0.700 bits per heavy atom. The van der Waals surface area contributed by atoms with Gasteiger partial charge in [0.15, 0.2) is 0 Å². The van der Waals surface area contributed by atoms with Gasteiger partial charge in [0.25, 0.3) is 11.8 Å². The smallest absolute Gasteiger partial charge is 0.326 e. The van der Waals surface area contributed by atoms with E-state index < -0.39 is 35.8 Å². The fourth-order valence-electron chi connectivity index (χ4n) is 3.72. The highest BCUT2D eigenvalue weighted by molar-refractivity contribution is 8.76. The lowest BCUT2D eigenvalue weighted by atomic mass is 10.0. The van der Waals surface area contributed by atoms with E-state index in [2.05, 4.69) is 10.6 Å². The van der Waals surface area contributed by atoms with Gasteiger partial charge >= 0.3 is 11.9 Å². The number of hydrogen-bond donors (Lipinski definition) is 4. The van der Waals surface area contributed by atoms with Crippen molar-refractivity contribution in [2.75, 3.05) is 14.2 Å². The van der Waals surface area contributed by atoms with Crippen LogP contribution in [0.25, 0.3) is 0 Å². The minimum Gasteiger partial charge on any atom is -0.497 e. The molecule has 218 valence electrons. The number of nitrogens with one attached hydrogen (secondary N) is 2. The number of carbonyl (C=O) groups is 4. The Bertz CT molecular complexity index is 1130. The molecule has 0 saturated heterocycles. The van der Waals surface area contributed by atoms with Crippen molar-refractivity contribution < 1.29 is 38.9 Å². The highest BCUT2D eigenvalue weighted by Crippen LogP contribution is 2.42. The van der Waals surface area contributed by atoms with E-state index in [1.165, 1.54) is 47.9 Å². The number of carboxylic acid groups (broad SMARTS) is 2. The number of ether oxygens (including phenoxy) is 2.